The molecule has 0 bridgehead atoms. The maximum atomic E-state index is 12.7. The highest BCUT2D eigenvalue weighted by atomic mass is 16.5. The number of carbonyl (C=O) groups is 1. The number of ether oxygens (including phenoxy) is 3. The quantitative estimate of drug-likeness (QED) is 0.325. The van der Waals surface area contributed by atoms with Crippen LogP contribution in [-0.2, 0) is 11.3 Å². The Morgan fingerprint density at radius 1 is 0.821 bits per heavy atom. The molecule has 1 heterocycles. The number of hydrogen-bond donors (Lipinski definition) is 0. The maximum absolute atomic E-state index is 12.7. The Labute approximate surface area is 162 Å². The number of rotatable bonds is 6. The molecule has 0 spiro atoms. The minimum Gasteiger partial charge on any atom is -0.457 e. The Kier molecular flexibility index (Phi) is 5.08. The van der Waals surface area contributed by atoms with E-state index in [0.29, 0.717) is 22.6 Å². The number of hydrogen-bond acceptors (Lipinski definition) is 5. The van der Waals surface area contributed by atoms with E-state index in [9.17, 15) is 4.79 Å². The Bertz CT molecular complexity index is 1080. The highest BCUT2D eigenvalue weighted by Gasteiger charge is 2.22. The van der Waals surface area contributed by atoms with Gasteiger partial charge in [0.25, 0.3) is 0 Å². The fourth-order valence-corrected chi connectivity index (χ4v) is 2.91. The minimum atomic E-state index is -0.569. The monoisotopic (exact) mass is 374 g/mol. The van der Waals surface area contributed by atoms with Crippen LogP contribution >= 0.6 is 0 Å². The zero-order valence-electron chi connectivity index (χ0n) is 15.3. The van der Waals surface area contributed by atoms with Crippen LogP contribution in [0, 0.1) is 0 Å². The number of para-hydroxylation sites is 2. The molecule has 3 aromatic carbocycles. The van der Waals surface area contributed by atoms with Crippen molar-refractivity contribution in [1.82, 2.24) is 0 Å². The van der Waals surface area contributed by atoms with Crippen LogP contribution in [0.3, 0.4) is 0 Å². The van der Waals surface area contributed by atoms with Crippen LogP contribution in [0.15, 0.2) is 83.3 Å². The van der Waals surface area contributed by atoms with Gasteiger partial charge in [-0.2, -0.15) is 0 Å². The van der Waals surface area contributed by atoms with Gasteiger partial charge in [-0.05, 0) is 42.5 Å². The summed E-state index contributed by atoms with van der Waals surface area (Å²) >= 11 is 0. The molecule has 0 radical (unpaired) electrons. The maximum Gasteiger partial charge on any atom is 0.380 e. The third kappa shape index (κ3) is 3.75. The van der Waals surface area contributed by atoms with E-state index < -0.39 is 5.97 Å². The van der Waals surface area contributed by atoms with Crippen molar-refractivity contribution in [2.24, 2.45) is 0 Å². The van der Waals surface area contributed by atoms with Crippen molar-refractivity contribution >= 4 is 16.9 Å². The summed E-state index contributed by atoms with van der Waals surface area (Å²) in [5, 5.41) is 0.836. The van der Waals surface area contributed by atoms with E-state index in [1.54, 1.807) is 37.4 Å². The van der Waals surface area contributed by atoms with Crippen LogP contribution in [0.25, 0.3) is 11.0 Å². The highest BCUT2D eigenvalue weighted by molar-refractivity contribution is 5.97. The van der Waals surface area contributed by atoms with Crippen molar-refractivity contribution in [1.29, 1.82) is 0 Å². The van der Waals surface area contributed by atoms with Crippen LogP contribution in [0.4, 0.5) is 0 Å². The zero-order chi connectivity index (χ0) is 19.3. The first-order valence-corrected chi connectivity index (χ1v) is 8.79. The van der Waals surface area contributed by atoms with E-state index in [-0.39, 0.29) is 12.4 Å². The van der Waals surface area contributed by atoms with E-state index in [0.717, 1.165) is 11.1 Å². The number of fused-ring (bicyclic) bond motifs is 1. The average Bonchev–Trinajstić information content (AvgIpc) is 3.09. The Balaban J connectivity index is 1.52. The minimum absolute atomic E-state index is 0.146. The third-order valence-corrected chi connectivity index (χ3v) is 4.19. The van der Waals surface area contributed by atoms with Gasteiger partial charge in [0.1, 0.15) is 22.8 Å². The Hall–Kier alpha value is -3.57. The average molecular weight is 374 g/mol. The summed E-state index contributed by atoms with van der Waals surface area (Å²) in [6.07, 6.45) is 0. The predicted octanol–water partition coefficient (Wildman–Crippen LogP) is 5.59. The molecule has 0 aliphatic heterocycles. The van der Waals surface area contributed by atoms with Crippen molar-refractivity contribution in [2.45, 2.75) is 6.61 Å². The largest absolute Gasteiger partial charge is 0.457 e. The SMILES string of the molecule is COCc1c(C(=O)Oc2ccc(Oc3ccccc3)cc2)oc2ccccc12. The van der Waals surface area contributed by atoms with Gasteiger partial charge in [-0.15, -0.1) is 0 Å². The fraction of sp³-hybridized carbons (Fsp3) is 0.0870. The highest BCUT2D eigenvalue weighted by Crippen LogP contribution is 2.28. The molecule has 0 unspecified atom stereocenters. The molecule has 0 N–H and O–H groups in total. The fourth-order valence-electron chi connectivity index (χ4n) is 2.91. The molecular weight excluding hydrogens is 356 g/mol. The van der Waals surface area contributed by atoms with Crippen molar-refractivity contribution in [3.05, 3.63) is 90.2 Å². The molecule has 0 aliphatic rings. The molecule has 5 nitrogen and oxygen atoms in total. The summed E-state index contributed by atoms with van der Waals surface area (Å²) in [5.74, 6) is 1.36. The third-order valence-electron chi connectivity index (χ3n) is 4.19. The zero-order valence-corrected chi connectivity index (χ0v) is 15.3. The molecule has 0 amide bonds. The van der Waals surface area contributed by atoms with Crippen molar-refractivity contribution in [3.8, 4) is 17.2 Å². The van der Waals surface area contributed by atoms with Gasteiger partial charge in [-0.1, -0.05) is 36.4 Å². The number of methoxy groups -OCH3 is 1. The normalized spacial score (nSPS) is 10.8. The Morgan fingerprint density at radius 3 is 2.21 bits per heavy atom. The second-order valence-electron chi connectivity index (χ2n) is 6.11. The van der Waals surface area contributed by atoms with E-state index in [1.165, 1.54) is 0 Å². The van der Waals surface area contributed by atoms with Crippen LogP contribution in [0.2, 0.25) is 0 Å². The van der Waals surface area contributed by atoms with Crippen molar-refractivity contribution in [2.75, 3.05) is 7.11 Å². The van der Waals surface area contributed by atoms with Gasteiger partial charge in [-0.3, -0.25) is 0 Å². The summed E-state index contributed by atoms with van der Waals surface area (Å²) in [7, 11) is 1.57. The van der Waals surface area contributed by atoms with Gasteiger partial charge in [-0.25, -0.2) is 4.79 Å². The lowest BCUT2D eigenvalue weighted by atomic mass is 10.1. The molecule has 0 fully saturated rings. The molecule has 0 atom stereocenters. The molecule has 1 aromatic heterocycles. The van der Waals surface area contributed by atoms with Crippen LogP contribution < -0.4 is 9.47 Å². The Morgan fingerprint density at radius 2 is 1.46 bits per heavy atom. The van der Waals surface area contributed by atoms with Crippen LogP contribution in [0.5, 0.6) is 17.2 Å². The van der Waals surface area contributed by atoms with Gasteiger partial charge in [0.15, 0.2) is 0 Å². The van der Waals surface area contributed by atoms with Gasteiger partial charge < -0.3 is 18.6 Å². The number of benzene rings is 3. The number of carbonyl (C=O) groups excluding carboxylic acids is 1. The lowest BCUT2D eigenvalue weighted by molar-refractivity contribution is 0.0697. The summed E-state index contributed by atoms with van der Waals surface area (Å²) in [6.45, 7) is 0.255. The molecule has 0 aliphatic carbocycles. The molecule has 140 valence electrons. The standard InChI is InChI=1S/C23H18O5/c1-25-15-20-19-9-5-6-10-21(19)28-22(20)23(24)27-18-13-11-17(12-14-18)26-16-7-3-2-4-8-16/h2-14H,15H2,1H3. The second kappa shape index (κ2) is 7.98. The first kappa shape index (κ1) is 17.8. The summed E-state index contributed by atoms with van der Waals surface area (Å²) in [4.78, 5) is 12.7. The molecule has 0 saturated heterocycles. The smallest absolute Gasteiger partial charge is 0.380 e. The first-order chi connectivity index (χ1) is 13.7. The molecule has 4 rings (SSSR count). The van der Waals surface area contributed by atoms with Crippen LogP contribution in [-0.4, -0.2) is 13.1 Å². The van der Waals surface area contributed by atoms with Crippen LogP contribution in [0.1, 0.15) is 16.1 Å². The summed E-state index contributed by atoms with van der Waals surface area (Å²) in [6, 6.07) is 23.7. The van der Waals surface area contributed by atoms with E-state index in [2.05, 4.69) is 0 Å². The van der Waals surface area contributed by atoms with Crippen molar-refractivity contribution < 1.29 is 23.4 Å². The molecular formula is C23H18O5. The molecule has 28 heavy (non-hydrogen) atoms. The molecule has 4 aromatic rings. The van der Waals surface area contributed by atoms with E-state index >= 15 is 0 Å². The predicted molar refractivity (Wildman–Crippen MR) is 105 cm³/mol. The lowest BCUT2D eigenvalue weighted by Gasteiger charge is -2.07. The lowest BCUT2D eigenvalue weighted by Crippen LogP contribution is -2.10. The first-order valence-electron chi connectivity index (χ1n) is 8.79. The second-order valence-corrected chi connectivity index (χ2v) is 6.11. The summed E-state index contributed by atoms with van der Waals surface area (Å²) in [5.41, 5.74) is 1.29. The van der Waals surface area contributed by atoms with Crippen molar-refractivity contribution in [3.63, 3.8) is 0 Å². The van der Waals surface area contributed by atoms with E-state index in [4.69, 9.17) is 18.6 Å². The van der Waals surface area contributed by atoms with Gasteiger partial charge in [0, 0.05) is 18.1 Å². The van der Waals surface area contributed by atoms with Gasteiger partial charge >= 0.3 is 5.97 Å². The molecule has 0 saturated carbocycles. The van der Waals surface area contributed by atoms with Gasteiger partial charge in [0.2, 0.25) is 5.76 Å². The molecule has 5 heteroatoms. The number of furan rings is 1. The van der Waals surface area contributed by atoms with E-state index in [1.807, 2.05) is 48.5 Å². The van der Waals surface area contributed by atoms with Gasteiger partial charge in [0.05, 0.1) is 6.61 Å². The summed E-state index contributed by atoms with van der Waals surface area (Å²) < 4.78 is 22.1. The number of esters is 1. The topological polar surface area (TPSA) is 57.9 Å².